The van der Waals surface area contributed by atoms with Crippen molar-refractivity contribution < 1.29 is 39.0 Å². The molecule has 38 heavy (non-hydrogen) atoms. The van der Waals surface area contributed by atoms with Crippen LogP contribution in [0.5, 0.6) is 11.5 Å². The molecule has 1 saturated heterocycles. The Morgan fingerprint density at radius 1 is 0.947 bits per heavy atom. The number of likely N-dealkylation sites (tertiary alicyclic amines) is 1. The zero-order valence-electron chi connectivity index (χ0n) is 22.3. The van der Waals surface area contributed by atoms with Gasteiger partial charge in [-0.15, -0.1) is 0 Å². The van der Waals surface area contributed by atoms with Crippen molar-refractivity contribution in [1.29, 1.82) is 0 Å². The van der Waals surface area contributed by atoms with Crippen LogP contribution in [-0.4, -0.2) is 110 Å². The summed E-state index contributed by atoms with van der Waals surface area (Å²) in [5.41, 5.74) is 0.805. The van der Waals surface area contributed by atoms with Gasteiger partial charge in [0.1, 0.15) is 6.10 Å². The molecule has 2 heterocycles. The first kappa shape index (κ1) is 26.7. The van der Waals surface area contributed by atoms with Gasteiger partial charge in [0.05, 0.1) is 70.0 Å². The average molecular weight is 534 g/mol. The summed E-state index contributed by atoms with van der Waals surface area (Å²) in [6.07, 6.45) is 6.45. The molecule has 5 aliphatic rings. The summed E-state index contributed by atoms with van der Waals surface area (Å²) < 4.78 is 29.2. The molecule has 9 nitrogen and oxygen atoms in total. The van der Waals surface area contributed by atoms with Gasteiger partial charge in [0.2, 0.25) is 0 Å². The van der Waals surface area contributed by atoms with Gasteiger partial charge in [-0.25, -0.2) is 0 Å². The number of aliphatic hydroxyl groups excluding tert-OH is 1. The van der Waals surface area contributed by atoms with Crippen molar-refractivity contribution in [3.8, 4) is 11.5 Å². The van der Waals surface area contributed by atoms with Crippen molar-refractivity contribution in [2.45, 2.75) is 74.2 Å². The number of phenolic OH excluding ortho intramolecular Hbond substituents is 1. The van der Waals surface area contributed by atoms with E-state index in [1.807, 2.05) is 6.07 Å². The monoisotopic (exact) mass is 533 g/mol. The lowest BCUT2D eigenvalue weighted by Gasteiger charge is -2.64. The van der Waals surface area contributed by atoms with Crippen molar-refractivity contribution in [3.63, 3.8) is 0 Å². The van der Waals surface area contributed by atoms with Gasteiger partial charge in [-0.05, 0) is 62.6 Å². The van der Waals surface area contributed by atoms with Crippen molar-refractivity contribution in [2.75, 3.05) is 65.9 Å². The minimum atomic E-state index is -0.889. The standard InChI is InChI=1S/C29H43NO8/c31-10-11-34-12-13-35-14-15-36-16-17-37-23-6-7-29(33)24-18-21-4-5-22(32)26-25(21)28(29,27(23)38-26)8-9-30(24)19-20-2-1-3-20/h4-5,20,23-24,27,31-33H,1-3,6-19H2/t23-,24+,27-,28-,29+/m0/s1. The molecule has 3 N–H and O–H groups in total. The van der Waals surface area contributed by atoms with Gasteiger partial charge < -0.3 is 39.0 Å². The van der Waals surface area contributed by atoms with Crippen LogP contribution in [-0.2, 0) is 30.8 Å². The predicted molar refractivity (Wildman–Crippen MR) is 139 cm³/mol. The fourth-order valence-electron chi connectivity index (χ4n) is 7.85. The van der Waals surface area contributed by atoms with Gasteiger partial charge in [-0.2, -0.15) is 0 Å². The molecule has 1 spiro atoms. The van der Waals surface area contributed by atoms with E-state index in [4.69, 9.17) is 28.8 Å². The molecular formula is C29H43NO8. The third kappa shape index (κ3) is 4.44. The van der Waals surface area contributed by atoms with Crippen LogP contribution < -0.4 is 4.74 Å². The Kier molecular flexibility index (Phi) is 7.88. The van der Waals surface area contributed by atoms with Crippen molar-refractivity contribution in [3.05, 3.63) is 23.3 Å². The number of benzene rings is 1. The maximum absolute atomic E-state index is 12.5. The molecule has 5 atom stereocenters. The molecule has 6 rings (SSSR count). The number of aromatic hydroxyl groups is 1. The van der Waals surface area contributed by atoms with Crippen LogP contribution in [0.4, 0.5) is 0 Å². The van der Waals surface area contributed by atoms with E-state index in [1.165, 1.54) is 24.8 Å². The Morgan fingerprint density at radius 3 is 2.39 bits per heavy atom. The van der Waals surface area contributed by atoms with E-state index in [9.17, 15) is 10.2 Å². The smallest absolute Gasteiger partial charge is 0.165 e. The van der Waals surface area contributed by atoms with Crippen LogP contribution in [0.1, 0.15) is 49.7 Å². The van der Waals surface area contributed by atoms with Crippen LogP contribution in [0, 0.1) is 5.92 Å². The number of nitrogens with zero attached hydrogens (tertiary/aromatic N) is 1. The first-order valence-corrected chi connectivity index (χ1v) is 14.5. The van der Waals surface area contributed by atoms with E-state index in [2.05, 4.69) is 4.90 Å². The normalized spacial score (nSPS) is 33.6. The zero-order chi connectivity index (χ0) is 26.2. The Labute approximate surface area is 225 Å². The highest BCUT2D eigenvalue weighted by Crippen LogP contribution is 2.65. The van der Waals surface area contributed by atoms with Gasteiger partial charge in [-0.3, -0.25) is 4.90 Å². The van der Waals surface area contributed by atoms with Gasteiger partial charge >= 0.3 is 0 Å². The first-order valence-electron chi connectivity index (χ1n) is 14.5. The average Bonchev–Trinajstić information content (AvgIpc) is 3.24. The number of hydrogen-bond acceptors (Lipinski definition) is 9. The van der Waals surface area contributed by atoms with Crippen LogP contribution >= 0.6 is 0 Å². The number of hydrogen-bond donors (Lipinski definition) is 3. The van der Waals surface area contributed by atoms with Crippen LogP contribution in [0.15, 0.2) is 12.1 Å². The molecule has 2 aliphatic heterocycles. The Hall–Kier alpha value is -1.46. The summed E-state index contributed by atoms with van der Waals surface area (Å²) >= 11 is 0. The molecule has 212 valence electrons. The van der Waals surface area contributed by atoms with Gasteiger partial charge in [0.25, 0.3) is 0 Å². The molecule has 9 heteroatoms. The largest absolute Gasteiger partial charge is 0.504 e. The molecule has 1 aromatic carbocycles. The van der Waals surface area contributed by atoms with E-state index in [0.717, 1.165) is 43.8 Å². The fourth-order valence-corrected chi connectivity index (χ4v) is 7.85. The fraction of sp³-hybridized carbons (Fsp3) is 0.793. The molecule has 0 amide bonds. The minimum Gasteiger partial charge on any atom is -0.504 e. The summed E-state index contributed by atoms with van der Waals surface area (Å²) in [6.45, 7) is 5.13. The number of ether oxygens (including phenoxy) is 5. The van der Waals surface area contributed by atoms with Crippen LogP contribution in [0.3, 0.4) is 0 Å². The zero-order valence-corrected chi connectivity index (χ0v) is 22.3. The summed E-state index contributed by atoms with van der Waals surface area (Å²) in [5.74, 6) is 1.47. The van der Waals surface area contributed by atoms with Gasteiger partial charge in [0, 0.05) is 18.2 Å². The molecule has 2 bridgehead atoms. The molecule has 3 fully saturated rings. The van der Waals surface area contributed by atoms with E-state index in [-0.39, 0.29) is 30.6 Å². The van der Waals surface area contributed by atoms with E-state index in [1.54, 1.807) is 6.07 Å². The van der Waals surface area contributed by atoms with Gasteiger partial charge in [0.15, 0.2) is 11.5 Å². The summed E-state index contributed by atoms with van der Waals surface area (Å²) in [7, 11) is 0. The highest BCUT2D eigenvalue weighted by Gasteiger charge is 2.73. The SMILES string of the molecule is OCCOCCOCCOCCO[C@H]1CC[C@@]2(O)[C@H]3Cc4ccc(O)c5c4[C@@]2(CCN3CC2CCC2)[C@H]1O5. The Bertz CT molecular complexity index is 972. The lowest BCUT2D eigenvalue weighted by molar-refractivity contribution is -0.218. The number of rotatable bonds is 14. The minimum absolute atomic E-state index is 0.0181. The van der Waals surface area contributed by atoms with Crippen molar-refractivity contribution in [1.82, 2.24) is 4.90 Å². The number of phenols is 1. The molecule has 0 unspecified atom stereocenters. The first-order chi connectivity index (χ1) is 18.6. The highest BCUT2D eigenvalue weighted by atomic mass is 16.6. The molecule has 3 aliphatic carbocycles. The second-order valence-electron chi connectivity index (χ2n) is 11.7. The summed E-state index contributed by atoms with van der Waals surface area (Å²) in [4.78, 5) is 2.57. The van der Waals surface area contributed by atoms with E-state index < -0.39 is 11.0 Å². The number of aliphatic hydroxyl groups is 2. The van der Waals surface area contributed by atoms with E-state index in [0.29, 0.717) is 58.4 Å². The van der Waals surface area contributed by atoms with E-state index >= 15 is 0 Å². The molecular weight excluding hydrogens is 490 g/mol. The molecule has 0 aromatic heterocycles. The number of piperidine rings is 1. The second-order valence-corrected chi connectivity index (χ2v) is 11.7. The Balaban J connectivity index is 1.10. The molecule has 0 radical (unpaired) electrons. The van der Waals surface area contributed by atoms with Gasteiger partial charge in [-0.1, -0.05) is 12.5 Å². The molecule has 2 saturated carbocycles. The summed E-state index contributed by atoms with van der Waals surface area (Å²) in [6, 6.07) is 3.87. The van der Waals surface area contributed by atoms with Crippen LogP contribution in [0.2, 0.25) is 0 Å². The lowest BCUT2D eigenvalue weighted by Crippen LogP contribution is -2.77. The third-order valence-corrected chi connectivity index (χ3v) is 9.78. The maximum atomic E-state index is 12.5. The van der Waals surface area contributed by atoms with Crippen LogP contribution in [0.25, 0.3) is 0 Å². The summed E-state index contributed by atoms with van der Waals surface area (Å²) in [5, 5.41) is 32.0. The topological polar surface area (TPSA) is 110 Å². The van der Waals surface area contributed by atoms with Crippen molar-refractivity contribution in [2.24, 2.45) is 5.92 Å². The Morgan fingerprint density at radius 2 is 1.68 bits per heavy atom. The second kappa shape index (κ2) is 11.2. The third-order valence-electron chi connectivity index (χ3n) is 9.78. The quantitative estimate of drug-likeness (QED) is 0.308. The maximum Gasteiger partial charge on any atom is 0.165 e. The predicted octanol–water partition coefficient (Wildman–Crippen LogP) is 1.77. The lowest BCUT2D eigenvalue weighted by atomic mass is 9.48. The highest BCUT2D eigenvalue weighted by molar-refractivity contribution is 5.62. The van der Waals surface area contributed by atoms with Crippen molar-refractivity contribution >= 4 is 0 Å². The molecule has 1 aromatic rings.